The molecule has 6 aromatic heterocycles. The Bertz CT molecular complexity index is 5240. The maximum Gasteiger partial charge on any atom is 0.394 e. The molecule has 0 aliphatic carbocycles. The summed E-state index contributed by atoms with van der Waals surface area (Å²) in [5.41, 5.74) is 3.64. The summed E-state index contributed by atoms with van der Waals surface area (Å²) in [5.74, 6) is -3.86. The minimum Gasteiger partial charge on any atom is -0.502 e. The van der Waals surface area contributed by atoms with Crippen LogP contribution in [0.1, 0.15) is 44.0 Å². The number of fused-ring (bicyclic) bond motifs is 3. The molecule has 7 N–H and O–H groups in total. The van der Waals surface area contributed by atoms with Crippen LogP contribution in [0.3, 0.4) is 0 Å². The molecule has 0 bridgehead atoms. The zero-order valence-electron chi connectivity index (χ0n) is 57.7. The molecule has 0 radical (unpaired) electrons. The number of aryl methyl sites for hydroxylation is 3. The molecule has 0 amide bonds. The third-order valence-corrected chi connectivity index (χ3v) is 14.9. The molecule has 0 aliphatic rings. The van der Waals surface area contributed by atoms with Crippen molar-refractivity contribution in [2.24, 2.45) is 4.99 Å². The summed E-state index contributed by atoms with van der Waals surface area (Å²) < 4.78 is 142. The fourth-order valence-electron chi connectivity index (χ4n) is 9.15. The van der Waals surface area contributed by atoms with Crippen LogP contribution in [-0.2, 0) is 6.54 Å². The number of nitroso groups, excluding NO2 is 1. The predicted molar refractivity (Wildman–Crippen MR) is 402 cm³/mol. The van der Waals surface area contributed by atoms with E-state index in [0.717, 1.165) is 66.2 Å². The first-order valence-corrected chi connectivity index (χ1v) is 32.4. The molecule has 0 spiro atoms. The molecule has 584 valence electrons. The van der Waals surface area contributed by atoms with Crippen molar-refractivity contribution >= 4 is 143 Å². The summed E-state index contributed by atoms with van der Waals surface area (Å²) in [6.45, 7) is 6.09. The van der Waals surface area contributed by atoms with Gasteiger partial charge >= 0.3 is 11.8 Å². The highest BCUT2D eigenvalue weighted by Crippen LogP contribution is 2.35. The number of non-ortho nitro benzene ring substituents is 1. The van der Waals surface area contributed by atoms with Crippen LogP contribution in [0.25, 0.3) is 33.9 Å². The van der Waals surface area contributed by atoms with E-state index in [1.807, 2.05) is 0 Å². The Labute approximate surface area is 647 Å². The van der Waals surface area contributed by atoms with Crippen LogP contribution in [0.15, 0.2) is 171 Å². The summed E-state index contributed by atoms with van der Waals surface area (Å²) in [4.78, 5) is 49.4. The molecular weight excluding hydrogens is 1560 g/mol. The second-order valence-electron chi connectivity index (χ2n) is 22.9. The number of nitro benzene ring substituents is 1. The van der Waals surface area contributed by atoms with Crippen molar-refractivity contribution in [1.82, 2.24) is 60.8 Å². The number of nitrogens with zero attached hydrogens (tertiary/aromatic N) is 17. The Morgan fingerprint density at radius 2 is 0.807 bits per heavy atom. The standard InChI is InChI=1S/2C17H11ClF2N6O.C17H11F3N6O.C12H9F2N3O.C7H6N2O4.2CH4/c3*1-8-2-4-12(10(19)6-8)21-14-15(24-17-16(23-14)25-27-26-17)22-13-5-3-9(18)7-11(13)20;1-12(13,14)18-11-4-2-9(3-5-11)8-17-10(6-15)7-16;1-8(11)6-4-5(9(12)13)2-3-7(6)10;;/h3*2-7H,1H3,(H,21,23,25)(H,22,24,26);2-5H,8H2,1H3;2-4H,1H3;2*1H4/p+1. The first-order valence-electron chi connectivity index (χ1n) is 31.6. The van der Waals surface area contributed by atoms with Crippen molar-refractivity contribution in [3.8, 4) is 23.6 Å². The number of phenols is 1. The Morgan fingerprint density at radius 3 is 1.10 bits per heavy atom. The molecular formula is C72H57Cl2F9N23O8+. The smallest absolute Gasteiger partial charge is 0.394 e. The SMILES string of the molecule is C.C.CC(F)(F)Oc1ccc(CN=C(C#N)C#N)cc1.C[N+](=O)c1cc([N+](=O)[O-])ccc1O.Cc1ccc(Nc2nc3nonc3nc2Nc2ccc(Cl)cc2F)c(F)c1.Cc1ccc(Nc2nc3nonc3nc2Nc2ccc(Cl)cc2F)c(F)c1.Cc1ccc(Nc2nc3nonc3nc2Nc2ccc(F)cc2F)c(F)c1. The van der Waals surface area contributed by atoms with Crippen LogP contribution in [0.4, 0.5) is 120 Å². The molecule has 0 fully saturated rings. The number of nitrogens with one attached hydrogen (secondary N) is 6. The van der Waals surface area contributed by atoms with Crippen LogP contribution in [0, 0.1) is 99.2 Å². The Kier molecular flexibility index (Phi) is 28.3. The number of aromatic nitrogens is 12. The number of benzene rings is 8. The van der Waals surface area contributed by atoms with Crippen LogP contribution in [-0.4, -0.2) is 94.5 Å². The average Bonchev–Trinajstić information content (AvgIpc) is 1.57. The van der Waals surface area contributed by atoms with Gasteiger partial charge in [0.25, 0.3) is 5.69 Å². The zero-order chi connectivity index (χ0) is 80.5. The number of ether oxygens (including phenoxy) is 1. The molecule has 14 rings (SSSR count). The number of anilines is 12. The second-order valence-corrected chi connectivity index (χ2v) is 23.8. The highest BCUT2D eigenvalue weighted by Gasteiger charge is 2.25. The fourth-order valence-corrected chi connectivity index (χ4v) is 9.47. The molecule has 8 aromatic carbocycles. The highest BCUT2D eigenvalue weighted by molar-refractivity contribution is 6.31. The van der Waals surface area contributed by atoms with Gasteiger partial charge in [-0.3, -0.25) is 15.1 Å². The molecule has 14 aromatic rings. The van der Waals surface area contributed by atoms with Gasteiger partial charge in [-0.05, 0) is 177 Å². The minimum atomic E-state index is -3.23. The number of rotatable bonds is 18. The van der Waals surface area contributed by atoms with Gasteiger partial charge in [-0.25, -0.2) is 74.5 Å². The molecule has 0 aliphatic heterocycles. The Balaban J connectivity index is 0.000000182. The largest absolute Gasteiger partial charge is 0.502 e. The van der Waals surface area contributed by atoms with E-state index in [1.165, 1.54) is 78.9 Å². The van der Waals surface area contributed by atoms with Crippen molar-refractivity contribution in [2.75, 3.05) is 38.9 Å². The summed E-state index contributed by atoms with van der Waals surface area (Å²) in [7, 11) is 1.15. The maximum absolute atomic E-state index is 14.2. The number of aromatic hydroxyl groups is 1. The van der Waals surface area contributed by atoms with Crippen LogP contribution < -0.4 is 36.6 Å². The first kappa shape index (κ1) is 84.8. The lowest BCUT2D eigenvalue weighted by molar-refractivity contribution is -0.430. The third kappa shape index (κ3) is 22.9. The normalized spacial score (nSPS) is 10.5. The quantitative estimate of drug-likeness (QED) is 0.0138. The Morgan fingerprint density at radius 1 is 0.491 bits per heavy atom. The molecule has 0 saturated carbocycles. The highest BCUT2D eigenvalue weighted by atomic mass is 35.5. The first-order chi connectivity index (χ1) is 53.4. The number of nitro groups is 1. The number of nitriles is 2. The van der Waals surface area contributed by atoms with E-state index in [-0.39, 0.29) is 163 Å². The van der Waals surface area contributed by atoms with Crippen molar-refractivity contribution in [1.29, 1.82) is 10.5 Å². The monoisotopic (exact) mass is 1610 g/mol. The third-order valence-electron chi connectivity index (χ3n) is 14.4. The van der Waals surface area contributed by atoms with E-state index in [0.29, 0.717) is 17.2 Å². The van der Waals surface area contributed by atoms with Gasteiger partial charge in [-0.15, -0.1) is 0 Å². The predicted octanol–water partition coefficient (Wildman–Crippen LogP) is 19.0. The maximum atomic E-state index is 14.2. The number of hydrogen-bond acceptors (Lipinski definition) is 29. The molecule has 114 heavy (non-hydrogen) atoms. The van der Waals surface area contributed by atoms with E-state index in [1.54, 1.807) is 63.2 Å². The van der Waals surface area contributed by atoms with Gasteiger partial charge in [0.05, 0.1) is 51.7 Å². The molecule has 0 atom stereocenters. The number of halogens is 11. The van der Waals surface area contributed by atoms with Crippen LogP contribution >= 0.6 is 23.2 Å². The lowest BCUT2D eigenvalue weighted by Gasteiger charge is -2.13. The van der Waals surface area contributed by atoms with Gasteiger partial charge < -0.3 is 41.7 Å². The lowest BCUT2D eigenvalue weighted by atomic mass is 10.2. The van der Waals surface area contributed by atoms with Crippen LogP contribution in [0.5, 0.6) is 11.5 Å². The van der Waals surface area contributed by atoms with E-state index < -0.39 is 51.8 Å². The van der Waals surface area contributed by atoms with E-state index in [4.69, 9.17) is 38.8 Å². The van der Waals surface area contributed by atoms with E-state index in [9.17, 15) is 54.5 Å². The molecule has 6 heterocycles. The van der Waals surface area contributed by atoms with E-state index >= 15 is 0 Å². The van der Waals surface area contributed by atoms with Gasteiger partial charge in [0.1, 0.15) is 58.6 Å². The van der Waals surface area contributed by atoms with Crippen molar-refractivity contribution < 1.29 is 72.9 Å². The van der Waals surface area contributed by atoms with Gasteiger partial charge in [0.15, 0.2) is 47.7 Å². The number of alkyl halides is 2. The lowest BCUT2D eigenvalue weighted by Crippen LogP contribution is -2.18. The van der Waals surface area contributed by atoms with E-state index in [2.05, 4.69) is 116 Å². The van der Waals surface area contributed by atoms with Gasteiger partial charge in [0, 0.05) is 38.8 Å². The average molecular weight is 1610 g/mol. The molecule has 0 saturated heterocycles. The fraction of sp³-hybridized carbons (Fsp3) is 0.125. The number of aliphatic imine (C=N–C) groups is 1. The van der Waals surface area contributed by atoms with Crippen LogP contribution in [0.2, 0.25) is 10.0 Å². The summed E-state index contributed by atoms with van der Waals surface area (Å²) in [6.07, 6.45) is -3.23. The van der Waals surface area contributed by atoms with Crippen molar-refractivity contribution in [2.45, 2.75) is 55.2 Å². The summed E-state index contributed by atoms with van der Waals surface area (Å²) in [5, 5.41) is 75.2. The number of hydrogen-bond donors (Lipinski definition) is 7. The summed E-state index contributed by atoms with van der Waals surface area (Å²) in [6, 6.07) is 37.5. The second kappa shape index (κ2) is 38.0. The van der Waals surface area contributed by atoms with Gasteiger partial charge in [-0.1, -0.05) is 68.4 Å². The van der Waals surface area contributed by atoms with Crippen molar-refractivity contribution in [3.63, 3.8) is 0 Å². The zero-order valence-corrected chi connectivity index (χ0v) is 59.2. The molecule has 0 unspecified atom stereocenters. The van der Waals surface area contributed by atoms with Gasteiger partial charge in [-0.2, -0.15) is 19.3 Å². The Hall–Kier alpha value is -14.8. The summed E-state index contributed by atoms with van der Waals surface area (Å²) >= 11 is 11.5. The van der Waals surface area contributed by atoms with Gasteiger partial charge in [0.2, 0.25) is 39.6 Å². The minimum absolute atomic E-state index is 0. The molecule has 31 nitrogen and oxygen atoms in total. The molecule has 42 heteroatoms. The number of phenolic OH excluding ortho intramolecular Hbond substituents is 1. The van der Waals surface area contributed by atoms with Crippen molar-refractivity contribution in [3.05, 3.63) is 240 Å². The topological polar surface area (TPSA) is 419 Å².